The minimum absolute atomic E-state index is 0.0448. The first-order valence-electron chi connectivity index (χ1n) is 9.74. The lowest BCUT2D eigenvalue weighted by atomic mass is 9.69. The van der Waals surface area contributed by atoms with Crippen LogP contribution in [0, 0.1) is 16.7 Å². The summed E-state index contributed by atoms with van der Waals surface area (Å²) in [6.07, 6.45) is 1.16. The van der Waals surface area contributed by atoms with Crippen LogP contribution in [0.2, 0.25) is 10.0 Å². The minimum atomic E-state index is -0.393. The van der Waals surface area contributed by atoms with Crippen LogP contribution in [0.25, 0.3) is 0 Å². The van der Waals surface area contributed by atoms with E-state index in [-0.39, 0.29) is 23.5 Å². The monoisotopic (exact) mass is 438 g/mol. The summed E-state index contributed by atoms with van der Waals surface area (Å²) < 4.78 is 0. The molecule has 0 bridgehead atoms. The zero-order chi connectivity index (χ0) is 21.6. The number of amides is 1. The molecule has 4 nitrogen and oxygen atoms in total. The molecule has 0 saturated carbocycles. The predicted octanol–water partition coefficient (Wildman–Crippen LogP) is 6.03. The summed E-state index contributed by atoms with van der Waals surface area (Å²) in [6, 6.07) is 14.1. The Morgan fingerprint density at radius 3 is 2.40 bits per heavy atom. The Balaban J connectivity index is 1.90. The van der Waals surface area contributed by atoms with Gasteiger partial charge >= 0.3 is 0 Å². The number of nitriles is 1. The summed E-state index contributed by atoms with van der Waals surface area (Å²) in [6.45, 7) is 4.07. The van der Waals surface area contributed by atoms with E-state index in [1.54, 1.807) is 47.4 Å². The average Bonchev–Trinajstić information content (AvgIpc) is 2.66. The van der Waals surface area contributed by atoms with Crippen molar-refractivity contribution in [1.29, 1.82) is 5.26 Å². The topological polar surface area (TPSA) is 61.2 Å². The van der Waals surface area contributed by atoms with E-state index in [2.05, 4.69) is 6.07 Å². The standard InChI is InChI=1S/C24H20Cl2N2O2/c1-24(2)11-20-23(21(29)12-24)18(17-8-5-15(25)9-19(17)26)10-22(30)28(20)16-6-3-14(13-27)4-7-16/h3-9,18H,10-12H2,1-2H3. The fourth-order valence-corrected chi connectivity index (χ4v) is 4.99. The van der Waals surface area contributed by atoms with Crippen molar-refractivity contribution in [2.45, 2.75) is 39.0 Å². The van der Waals surface area contributed by atoms with Crippen LogP contribution in [0.15, 0.2) is 53.7 Å². The van der Waals surface area contributed by atoms with Crippen molar-refractivity contribution in [2.24, 2.45) is 5.41 Å². The molecule has 0 aromatic heterocycles. The van der Waals surface area contributed by atoms with Gasteiger partial charge in [0, 0.05) is 45.8 Å². The van der Waals surface area contributed by atoms with Crippen LogP contribution >= 0.6 is 23.2 Å². The molecule has 1 atom stereocenters. The molecule has 4 rings (SSSR count). The number of ketones is 1. The fourth-order valence-electron chi connectivity index (χ4n) is 4.45. The Kier molecular flexibility index (Phi) is 5.22. The van der Waals surface area contributed by atoms with Crippen molar-refractivity contribution >= 4 is 40.6 Å². The van der Waals surface area contributed by atoms with Gasteiger partial charge in [-0.05, 0) is 53.8 Å². The highest BCUT2D eigenvalue weighted by molar-refractivity contribution is 6.35. The third-order valence-electron chi connectivity index (χ3n) is 5.74. The number of rotatable bonds is 2. The van der Waals surface area contributed by atoms with Gasteiger partial charge in [-0.3, -0.25) is 14.5 Å². The van der Waals surface area contributed by atoms with Gasteiger partial charge in [-0.25, -0.2) is 0 Å². The number of halogens is 2. The van der Waals surface area contributed by atoms with Crippen molar-refractivity contribution < 1.29 is 9.59 Å². The summed E-state index contributed by atoms with van der Waals surface area (Å²) in [4.78, 5) is 28.3. The minimum Gasteiger partial charge on any atom is -0.294 e. The average molecular weight is 439 g/mol. The number of carbonyl (C=O) groups is 2. The highest BCUT2D eigenvalue weighted by Gasteiger charge is 2.44. The molecule has 1 heterocycles. The van der Waals surface area contributed by atoms with E-state index < -0.39 is 5.92 Å². The molecule has 0 fully saturated rings. The number of allylic oxidation sites excluding steroid dienone is 2. The maximum Gasteiger partial charge on any atom is 0.232 e. The van der Waals surface area contributed by atoms with Crippen molar-refractivity contribution in [1.82, 2.24) is 0 Å². The van der Waals surface area contributed by atoms with Crippen LogP contribution < -0.4 is 4.90 Å². The largest absolute Gasteiger partial charge is 0.294 e. The third kappa shape index (κ3) is 3.64. The molecule has 2 aromatic rings. The molecule has 0 N–H and O–H groups in total. The highest BCUT2D eigenvalue weighted by atomic mass is 35.5. The first-order chi connectivity index (χ1) is 14.2. The Morgan fingerprint density at radius 1 is 1.07 bits per heavy atom. The molecule has 0 radical (unpaired) electrons. The molecule has 0 saturated heterocycles. The van der Waals surface area contributed by atoms with E-state index in [0.717, 1.165) is 11.3 Å². The van der Waals surface area contributed by atoms with Gasteiger partial charge < -0.3 is 0 Å². The molecule has 6 heteroatoms. The Hall–Kier alpha value is -2.61. The van der Waals surface area contributed by atoms with Crippen LogP contribution in [-0.2, 0) is 9.59 Å². The lowest BCUT2D eigenvalue weighted by molar-refractivity contribution is -0.121. The number of carbonyl (C=O) groups excluding carboxylic acids is 2. The second kappa shape index (κ2) is 7.58. The summed E-state index contributed by atoms with van der Waals surface area (Å²) in [5.41, 5.74) is 3.05. The summed E-state index contributed by atoms with van der Waals surface area (Å²) >= 11 is 12.5. The zero-order valence-corrected chi connectivity index (χ0v) is 18.2. The van der Waals surface area contributed by atoms with Crippen LogP contribution in [0.1, 0.15) is 50.2 Å². The van der Waals surface area contributed by atoms with E-state index in [1.807, 2.05) is 13.8 Å². The van der Waals surface area contributed by atoms with Crippen molar-refractivity contribution in [3.05, 3.63) is 74.9 Å². The Morgan fingerprint density at radius 2 is 1.77 bits per heavy atom. The molecule has 1 aliphatic heterocycles. The van der Waals surface area contributed by atoms with Crippen LogP contribution in [0.5, 0.6) is 0 Å². The molecular formula is C24H20Cl2N2O2. The number of anilines is 1. The van der Waals surface area contributed by atoms with E-state index in [1.165, 1.54) is 0 Å². The molecular weight excluding hydrogens is 419 g/mol. The van der Waals surface area contributed by atoms with Gasteiger partial charge in [0.15, 0.2) is 5.78 Å². The van der Waals surface area contributed by atoms with Gasteiger partial charge in [0.25, 0.3) is 0 Å². The molecule has 1 unspecified atom stereocenters. The first-order valence-corrected chi connectivity index (χ1v) is 10.5. The lowest BCUT2D eigenvalue weighted by Gasteiger charge is -2.43. The smallest absolute Gasteiger partial charge is 0.232 e. The number of hydrogen-bond donors (Lipinski definition) is 0. The quantitative estimate of drug-likeness (QED) is 0.574. The maximum atomic E-state index is 13.3. The summed E-state index contributed by atoms with van der Waals surface area (Å²) in [7, 11) is 0. The van der Waals surface area contributed by atoms with Crippen LogP contribution in [0.4, 0.5) is 5.69 Å². The number of hydrogen-bond acceptors (Lipinski definition) is 3. The van der Waals surface area contributed by atoms with E-state index in [0.29, 0.717) is 39.7 Å². The second-order valence-corrected chi connectivity index (χ2v) is 9.46. The van der Waals surface area contributed by atoms with E-state index in [4.69, 9.17) is 28.5 Å². The predicted molar refractivity (Wildman–Crippen MR) is 118 cm³/mol. The molecule has 1 amide bonds. The molecule has 2 aliphatic rings. The van der Waals surface area contributed by atoms with Gasteiger partial charge in [0.2, 0.25) is 5.91 Å². The van der Waals surface area contributed by atoms with E-state index in [9.17, 15) is 9.59 Å². The van der Waals surface area contributed by atoms with Gasteiger partial charge in [0.05, 0.1) is 11.6 Å². The molecule has 0 spiro atoms. The SMILES string of the molecule is CC1(C)CC(=O)C2=C(C1)N(c1ccc(C#N)cc1)C(=O)CC2c1ccc(Cl)cc1Cl. The van der Waals surface area contributed by atoms with Gasteiger partial charge in [-0.1, -0.05) is 43.1 Å². The molecule has 1 aliphatic carbocycles. The third-order valence-corrected chi connectivity index (χ3v) is 6.30. The van der Waals surface area contributed by atoms with Crippen LogP contribution in [0.3, 0.4) is 0 Å². The number of benzene rings is 2. The number of Topliss-reactive ketones (excluding diaryl/α,β-unsaturated/α-hetero) is 1. The maximum absolute atomic E-state index is 13.3. The van der Waals surface area contributed by atoms with Crippen molar-refractivity contribution in [3.8, 4) is 6.07 Å². The highest BCUT2D eigenvalue weighted by Crippen LogP contribution is 2.49. The number of nitrogens with zero attached hydrogens (tertiary/aromatic N) is 2. The van der Waals surface area contributed by atoms with Gasteiger partial charge in [-0.15, -0.1) is 0 Å². The lowest BCUT2D eigenvalue weighted by Crippen LogP contribution is -2.43. The fraction of sp³-hybridized carbons (Fsp3) is 0.292. The van der Waals surface area contributed by atoms with Crippen LogP contribution in [-0.4, -0.2) is 11.7 Å². The van der Waals surface area contributed by atoms with Gasteiger partial charge in [0.1, 0.15) is 0 Å². The van der Waals surface area contributed by atoms with E-state index >= 15 is 0 Å². The molecule has 152 valence electrons. The summed E-state index contributed by atoms with van der Waals surface area (Å²) in [5, 5.41) is 10.0. The van der Waals surface area contributed by atoms with Crippen molar-refractivity contribution in [3.63, 3.8) is 0 Å². The second-order valence-electron chi connectivity index (χ2n) is 8.61. The zero-order valence-electron chi connectivity index (χ0n) is 16.7. The summed E-state index contributed by atoms with van der Waals surface area (Å²) in [5.74, 6) is -0.445. The van der Waals surface area contributed by atoms with Gasteiger partial charge in [-0.2, -0.15) is 5.26 Å². The molecule has 2 aromatic carbocycles. The normalized spacial score (nSPS) is 20.8. The Labute approximate surface area is 185 Å². The first kappa shape index (κ1) is 20.7. The van der Waals surface area contributed by atoms with Crippen molar-refractivity contribution in [2.75, 3.05) is 4.90 Å². The Bertz CT molecular complexity index is 1130. The molecule has 30 heavy (non-hydrogen) atoms.